The molecule has 612 valence electrons. The van der Waals surface area contributed by atoms with Crippen LogP contribution in [0.4, 0.5) is 0 Å². The molecule has 0 saturated carbocycles. The van der Waals surface area contributed by atoms with Gasteiger partial charge in [-0.2, -0.15) is 0 Å². The number of hydrogen-bond acceptors (Lipinski definition) is 15. The van der Waals surface area contributed by atoms with Crippen LogP contribution >= 0.6 is 15.6 Å². The van der Waals surface area contributed by atoms with Gasteiger partial charge in [-0.05, 0) is 49.4 Å². The van der Waals surface area contributed by atoms with Gasteiger partial charge in [0.1, 0.15) is 19.3 Å². The number of phosphoric acid groups is 2. The molecule has 103 heavy (non-hydrogen) atoms. The first-order chi connectivity index (χ1) is 49.7. The van der Waals surface area contributed by atoms with Crippen molar-refractivity contribution in [1.82, 2.24) is 0 Å². The second-order valence-electron chi connectivity index (χ2n) is 31.7. The Morgan fingerprint density at radius 1 is 0.272 bits per heavy atom. The quantitative estimate of drug-likeness (QED) is 0.0222. The molecule has 19 heteroatoms. The molecule has 17 nitrogen and oxygen atoms in total. The van der Waals surface area contributed by atoms with Gasteiger partial charge >= 0.3 is 39.5 Å². The van der Waals surface area contributed by atoms with Crippen LogP contribution in [-0.2, 0) is 65.4 Å². The number of hydrogen-bond donors (Lipinski definition) is 3. The molecule has 3 N–H and O–H groups in total. The molecule has 7 atom stereocenters. The smallest absolute Gasteiger partial charge is 0.462 e. The lowest BCUT2D eigenvalue weighted by atomic mass is 9.99. The summed E-state index contributed by atoms with van der Waals surface area (Å²) >= 11 is 0. The number of carbonyl (C=O) groups excluding carboxylic acids is 4. The van der Waals surface area contributed by atoms with Gasteiger partial charge in [0.2, 0.25) is 0 Å². The summed E-state index contributed by atoms with van der Waals surface area (Å²) in [5.41, 5.74) is 0. The Hall–Kier alpha value is -1.94. The fraction of sp³-hybridized carbons (Fsp3) is 0.952. The zero-order valence-electron chi connectivity index (χ0n) is 68.0. The second-order valence-corrected chi connectivity index (χ2v) is 34.6. The Kier molecular flexibility index (Phi) is 71.5. The Morgan fingerprint density at radius 2 is 0.466 bits per heavy atom. The molecule has 4 unspecified atom stereocenters. The summed E-state index contributed by atoms with van der Waals surface area (Å²) in [6.07, 6.45) is 61.1. The molecule has 0 saturated heterocycles. The maximum atomic E-state index is 13.1. The van der Waals surface area contributed by atoms with Gasteiger partial charge in [-0.25, -0.2) is 9.13 Å². The minimum absolute atomic E-state index is 0.105. The second kappa shape index (κ2) is 72.9. The monoisotopic (exact) mass is 1510 g/mol. The van der Waals surface area contributed by atoms with Gasteiger partial charge in [-0.1, -0.05) is 383 Å². The zero-order chi connectivity index (χ0) is 76.0. The Morgan fingerprint density at radius 3 is 0.689 bits per heavy atom. The number of ether oxygens (including phenoxy) is 4. The van der Waals surface area contributed by atoms with Crippen LogP contribution in [0.15, 0.2) is 0 Å². The normalized spacial score (nSPS) is 14.5. The van der Waals surface area contributed by atoms with Crippen molar-refractivity contribution >= 4 is 39.5 Å². The fourth-order valence-electron chi connectivity index (χ4n) is 12.9. The minimum Gasteiger partial charge on any atom is -0.462 e. The lowest BCUT2D eigenvalue weighted by Crippen LogP contribution is -2.30. The summed E-state index contributed by atoms with van der Waals surface area (Å²) in [5, 5.41) is 10.7. The molecular formula is C84H164O17P2. The highest BCUT2D eigenvalue weighted by Crippen LogP contribution is 2.45. The fourth-order valence-corrected chi connectivity index (χ4v) is 14.5. The van der Waals surface area contributed by atoms with E-state index in [0.717, 1.165) is 120 Å². The molecule has 0 aliphatic carbocycles. The first-order valence-corrected chi connectivity index (χ1v) is 46.3. The van der Waals surface area contributed by atoms with Crippen LogP contribution in [0.5, 0.6) is 0 Å². The van der Waals surface area contributed by atoms with Gasteiger partial charge in [0.05, 0.1) is 26.4 Å². The van der Waals surface area contributed by atoms with Crippen LogP contribution in [0.1, 0.15) is 434 Å². The minimum atomic E-state index is -4.97. The average molecular weight is 1510 g/mol. The average Bonchev–Trinajstić information content (AvgIpc) is 0.982. The summed E-state index contributed by atoms with van der Waals surface area (Å²) in [7, 11) is -9.93. The standard InChI is InChI=1S/C84H164O17P2/c1-9-76(7)62-54-46-38-32-26-20-17-18-22-28-34-40-50-58-66-83(88)100-79(70-94-81(86)64-56-48-39-33-27-21-16-14-12-11-13-15-19-24-30-36-44-52-60-74(3)4)72-98-102(90,91)96-68-78(85)69-97-103(92,93)99-73-80(71-95-82(87)65-57-49-43-42-47-55-63-77(8)10-2)101-84(89)67-59-51-41-35-29-23-25-31-37-45-53-61-75(5)6/h74-80,85H,9-73H2,1-8H3,(H,90,91)(H,92,93)/t76?,77?,78-,79-,80-/m1/s1. The number of aliphatic hydroxyl groups excluding tert-OH is 1. The van der Waals surface area contributed by atoms with E-state index in [4.69, 9.17) is 37.0 Å². The lowest BCUT2D eigenvalue weighted by molar-refractivity contribution is -0.161. The van der Waals surface area contributed by atoms with E-state index in [1.807, 2.05) is 0 Å². The predicted octanol–water partition coefficient (Wildman–Crippen LogP) is 25.2. The van der Waals surface area contributed by atoms with Crippen LogP contribution in [0.25, 0.3) is 0 Å². The maximum absolute atomic E-state index is 13.1. The molecule has 0 amide bonds. The van der Waals surface area contributed by atoms with Gasteiger partial charge < -0.3 is 33.8 Å². The zero-order valence-corrected chi connectivity index (χ0v) is 69.7. The van der Waals surface area contributed by atoms with Crippen LogP contribution in [0.2, 0.25) is 0 Å². The summed E-state index contributed by atoms with van der Waals surface area (Å²) in [6.45, 7) is 14.3. The van der Waals surface area contributed by atoms with Crippen LogP contribution in [0, 0.1) is 23.7 Å². The van der Waals surface area contributed by atoms with E-state index in [0.29, 0.717) is 25.7 Å². The number of phosphoric ester groups is 2. The SMILES string of the molecule is CCC(C)CCCCCCCCCCCCCCCCC(=O)O[C@H](COC(=O)CCCCCCCCCCCCCCCCCCCCC(C)C)COP(=O)(O)OC[C@@H](O)COP(=O)(O)OC[C@@H](COC(=O)CCCCCCCCC(C)CC)OC(=O)CCCCCCCCCCCCCC(C)C. The molecule has 0 bridgehead atoms. The van der Waals surface area contributed by atoms with Crippen LogP contribution < -0.4 is 0 Å². The summed E-state index contributed by atoms with van der Waals surface area (Å²) in [4.78, 5) is 73.1. The molecule has 0 fully saturated rings. The molecule has 0 aliphatic heterocycles. The largest absolute Gasteiger partial charge is 0.472 e. The van der Waals surface area contributed by atoms with Crippen molar-refractivity contribution < 1.29 is 80.2 Å². The maximum Gasteiger partial charge on any atom is 0.472 e. The molecular weight excluding hydrogens is 1340 g/mol. The Labute approximate surface area is 632 Å². The molecule has 0 aromatic carbocycles. The number of esters is 4. The van der Waals surface area contributed by atoms with E-state index in [9.17, 15) is 43.2 Å². The van der Waals surface area contributed by atoms with Gasteiger partial charge in [0.15, 0.2) is 12.2 Å². The van der Waals surface area contributed by atoms with Crippen LogP contribution in [0.3, 0.4) is 0 Å². The number of unbranched alkanes of at least 4 members (excludes halogenated alkanes) is 45. The van der Waals surface area contributed by atoms with Crippen molar-refractivity contribution in [2.75, 3.05) is 39.6 Å². The highest BCUT2D eigenvalue weighted by atomic mass is 31.2. The Bertz CT molecular complexity index is 2010. The molecule has 0 spiro atoms. The molecule has 0 aromatic heterocycles. The third-order valence-corrected chi connectivity index (χ3v) is 22.2. The van der Waals surface area contributed by atoms with Crippen LogP contribution in [-0.4, -0.2) is 96.7 Å². The first kappa shape index (κ1) is 101. The number of aliphatic hydroxyl groups is 1. The van der Waals surface area contributed by atoms with Crippen molar-refractivity contribution in [3.63, 3.8) is 0 Å². The third-order valence-electron chi connectivity index (χ3n) is 20.3. The third kappa shape index (κ3) is 75.3. The van der Waals surface area contributed by atoms with E-state index in [1.54, 1.807) is 0 Å². The highest BCUT2D eigenvalue weighted by molar-refractivity contribution is 7.47. The van der Waals surface area contributed by atoms with Gasteiger partial charge in [-0.15, -0.1) is 0 Å². The summed E-state index contributed by atoms with van der Waals surface area (Å²) in [5.74, 6) is 1.05. The summed E-state index contributed by atoms with van der Waals surface area (Å²) < 4.78 is 68.8. The van der Waals surface area contributed by atoms with E-state index in [1.165, 1.54) is 231 Å². The Balaban J connectivity index is 5.23. The van der Waals surface area contributed by atoms with Crippen molar-refractivity contribution in [3.05, 3.63) is 0 Å². The van der Waals surface area contributed by atoms with Crippen molar-refractivity contribution in [3.8, 4) is 0 Å². The predicted molar refractivity (Wildman–Crippen MR) is 423 cm³/mol. The molecule has 0 heterocycles. The first-order valence-electron chi connectivity index (χ1n) is 43.3. The lowest BCUT2D eigenvalue weighted by Gasteiger charge is -2.21. The van der Waals surface area contributed by atoms with E-state index in [2.05, 4.69) is 55.4 Å². The number of rotatable bonds is 81. The van der Waals surface area contributed by atoms with E-state index in [-0.39, 0.29) is 25.7 Å². The molecule has 0 radical (unpaired) electrons. The number of carbonyl (C=O) groups is 4. The van der Waals surface area contributed by atoms with E-state index < -0.39 is 97.5 Å². The van der Waals surface area contributed by atoms with Gasteiger partial charge in [0, 0.05) is 25.7 Å². The van der Waals surface area contributed by atoms with Crippen molar-refractivity contribution in [2.45, 2.75) is 453 Å². The van der Waals surface area contributed by atoms with Crippen molar-refractivity contribution in [2.24, 2.45) is 23.7 Å². The van der Waals surface area contributed by atoms with Crippen molar-refractivity contribution in [1.29, 1.82) is 0 Å². The molecule has 0 aromatic rings. The van der Waals surface area contributed by atoms with E-state index >= 15 is 0 Å². The highest BCUT2D eigenvalue weighted by Gasteiger charge is 2.30. The van der Waals surface area contributed by atoms with Gasteiger partial charge in [-0.3, -0.25) is 37.3 Å². The molecule has 0 rings (SSSR count). The summed E-state index contributed by atoms with van der Waals surface area (Å²) in [6, 6.07) is 0. The van der Waals surface area contributed by atoms with Gasteiger partial charge in [0.25, 0.3) is 0 Å². The topological polar surface area (TPSA) is 237 Å². The molecule has 0 aliphatic rings.